The Hall–Kier alpha value is -1.50. The van der Waals surface area contributed by atoms with E-state index < -0.39 is 5.91 Å². The highest BCUT2D eigenvalue weighted by Gasteiger charge is 2.19. The van der Waals surface area contributed by atoms with E-state index in [1.165, 1.54) is 31.9 Å². The molecule has 0 saturated heterocycles. The van der Waals surface area contributed by atoms with Gasteiger partial charge >= 0.3 is 0 Å². The van der Waals surface area contributed by atoms with Gasteiger partial charge in [-0.1, -0.05) is 6.92 Å². The van der Waals surface area contributed by atoms with Crippen molar-refractivity contribution < 1.29 is 10.0 Å². The first kappa shape index (κ1) is 18.8. The summed E-state index contributed by atoms with van der Waals surface area (Å²) in [5.74, 6) is 0.285. The number of fused-ring (bicyclic) bond motifs is 1. The first-order valence-electron chi connectivity index (χ1n) is 8.93. The first-order valence-corrected chi connectivity index (χ1v) is 8.93. The summed E-state index contributed by atoms with van der Waals surface area (Å²) in [5, 5.41) is 11.9. The lowest BCUT2D eigenvalue weighted by Gasteiger charge is -2.28. The summed E-state index contributed by atoms with van der Waals surface area (Å²) in [6, 6.07) is 1.84. The first-order chi connectivity index (χ1) is 11.6. The van der Waals surface area contributed by atoms with Crippen LogP contribution in [-0.4, -0.2) is 47.7 Å². The molecule has 1 aromatic rings. The minimum atomic E-state index is -0.500. The molecule has 6 heteroatoms. The Bertz CT molecular complexity index is 536. The van der Waals surface area contributed by atoms with E-state index in [-0.39, 0.29) is 0 Å². The molecule has 1 aromatic heterocycles. The maximum Gasteiger partial charge on any atom is 0.276 e. The molecule has 0 aliphatic carbocycles. The Kier molecular flexibility index (Phi) is 7.62. The number of carbonyl (C=O) groups is 1. The van der Waals surface area contributed by atoms with Crippen LogP contribution in [0.1, 0.15) is 54.2 Å². The Morgan fingerprint density at radius 2 is 2.21 bits per heavy atom. The molecule has 2 heterocycles. The normalized spacial score (nSPS) is 15.8. The second-order valence-electron chi connectivity index (χ2n) is 6.79. The molecule has 1 unspecified atom stereocenters. The van der Waals surface area contributed by atoms with Gasteiger partial charge in [0.15, 0.2) is 0 Å². The molecule has 0 fully saturated rings. The largest absolute Gasteiger partial charge is 0.320 e. The van der Waals surface area contributed by atoms with Crippen molar-refractivity contribution in [3.8, 4) is 0 Å². The lowest BCUT2D eigenvalue weighted by atomic mass is 9.98. The van der Waals surface area contributed by atoms with Crippen molar-refractivity contribution in [2.75, 3.05) is 26.7 Å². The molecule has 0 saturated carbocycles. The molecule has 0 bridgehead atoms. The Balaban J connectivity index is 1.76. The van der Waals surface area contributed by atoms with Gasteiger partial charge in [-0.05, 0) is 69.8 Å². The molecule has 1 aliphatic heterocycles. The van der Waals surface area contributed by atoms with Gasteiger partial charge in [-0.2, -0.15) is 0 Å². The molecule has 24 heavy (non-hydrogen) atoms. The van der Waals surface area contributed by atoms with Crippen LogP contribution in [0.15, 0.2) is 12.3 Å². The van der Waals surface area contributed by atoms with Gasteiger partial charge in [0.1, 0.15) is 0 Å². The van der Waals surface area contributed by atoms with Crippen molar-refractivity contribution in [2.45, 2.75) is 45.6 Å². The van der Waals surface area contributed by atoms with Crippen molar-refractivity contribution in [3.63, 3.8) is 0 Å². The Labute approximate surface area is 144 Å². The van der Waals surface area contributed by atoms with Crippen molar-refractivity contribution in [3.05, 3.63) is 29.1 Å². The predicted octanol–water partition coefficient (Wildman–Crippen LogP) is 1.97. The van der Waals surface area contributed by atoms with E-state index in [2.05, 4.69) is 22.1 Å². The molecular formula is C18H30N4O2. The van der Waals surface area contributed by atoms with E-state index in [0.29, 0.717) is 5.56 Å². The van der Waals surface area contributed by atoms with Crippen LogP contribution in [-0.2, 0) is 13.0 Å². The van der Waals surface area contributed by atoms with E-state index in [1.54, 1.807) is 5.48 Å². The van der Waals surface area contributed by atoms with E-state index in [0.717, 1.165) is 49.8 Å². The summed E-state index contributed by atoms with van der Waals surface area (Å²) in [6.07, 6.45) is 7.49. The average molecular weight is 334 g/mol. The number of hydrogen-bond acceptors (Lipinski definition) is 5. The van der Waals surface area contributed by atoms with Crippen LogP contribution in [0.2, 0.25) is 0 Å². The highest BCUT2D eigenvalue weighted by molar-refractivity contribution is 5.93. The number of hydrogen-bond donors (Lipinski definition) is 3. The van der Waals surface area contributed by atoms with Crippen molar-refractivity contribution >= 4 is 5.91 Å². The summed E-state index contributed by atoms with van der Waals surface area (Å²) in [6.45, 7) is 6.42. The number of nitrogens with zero attached hydrogens (tertiary/aromatic N) is 2. The van der Waals surface area contributed by atoms with E-state index in [4.69, 9.17) is 5.21 Å². The van der Waals surface area contributed by atoms with E-state index in [1.807, 2.05) is 13.1 Å². The van der Waals surface area contributed by atoms with Gasteiger partial charge in [0.05, 0.1) is 11.3 Å². The summed E-state index contributed by atoms with van der Waals surface area (Å²) >= 11 is 0. The van der Waals surface area contributed by atoms with Gasteiger partial charge in [-0.3, -0.25) is 19.9 Å². The van der Waals surface area contributed by atoms with Crippen LogP contribution in [0.4, 0.5) is 0 Å². The fraction of sp³-hybridized carbons (Fsp3) is 0.667. The Morgan fingerprint density at radius 3 is 2.96 bits per heavy atom. The molecule has 1 aliphatic rings. The molecule has 0 spiro atoms. The SMILES string of the molecule is CNCCCC(C)CCCN1CCc2cc(C(=O)NO)cnc2C1. The van der Waals surface area contributed by atoms with Gasteiger partial charge in [0, 0.05) is 19.3 Å². The highest BCUT2D eigenvalue weighted by atomic mass is 16.5. The predicted molar refractivity (Wildman–Crippen MR) is 94.0 cm³/mol. The third-order valence-electron chi connectivity index (χ3n) is 4.79. The summed E-state index contributed by atoms with van der Waals surface area (Å²) in [7, 11) is 2.01. The molecule has 0 radical (unpaired) electrons. The number of amides is 1. The number of hydroxylamine groups is 1. The summed E-state index contributed by atoms with van der Waals surface area (Å²) < 4.78 is 0. The minimum absolute atomic E-state index is 0.417. The van der Waals surface area contributed by atoms with E-state index in [9.17, 15) is 4.79 Å². The van der Waals surface area contributed by atoms with Crippen LogP contribution in [0.5, 0.6) is 0 Å². The van der Waals surface area contributed by atoms with Gasteiger partial charge < -0.3 is 5.32 Å². The molecule has 6 nitrogen and oxygen atoms in total. The standard InChI is InChI=1S/C18H30N4O2/c1-14(5-3-8-19-2)6-4-9-22-10-7-15-11-16(18(23)21-24)12-20-17(15)13-22/h11-12,14,19,24H,3-10,13H2,1-2H3,(H,21,23). The average Bonchev–Trinajstić information content (AvgIpc) is 2.60. The quantitative estimate of drug-likeness (QED) is 0.366. The number of carbonyl (C=O) groups excluding carboxylic acids is 1. The molecule has 0 aromatic carbocycles. The highest BCUT2D eigenvalue weighted by Crippen LogP contribution is 2.19. The van der Waals surface area contributed by atoms with Crippen LogP contribution in [0, 0.1) is 5.92 Å². The summed E-state index contributed by atoms with van der Waals surface area (Å²) in [4.78, 5) is 18.3. The van der Waals surface area contributed by atoms with Crippen molar-refractivity contribution in [1.29, 1.82) is 0 Å². The van der Waals surface area contributed by atoms with Crippen LogP contribution >= 0.6 is 0 Å². The zero-order valence-electron chi connectivity index (χ0n) is 14.8. The fourth-order valence-electron chi connectivity index (χ4n) is 3.28. The maximum atomic E-state index is 11.4. The van der Waals surface area contributed by atoms with Gasteiger partial charge in [-0.25, -0.2) is 5.48 Å². The Morgan fingerprint density at radius 1 is 1.42 bits per heavy atom. The van der Waals surface area contributed by atoms with Gasteiger partial charge in [0.2, 0.25) is 0 Å². The van der Waals surface area contributed by atoms with Crippen LogP contribution < -0.4 is 10.8 Å². The number of rotatable bonds is 9. The maximum absolute atomic E-state index is 11.4. The smallest absolute Gasteiger partial charge is 0.276 e. The molecular weight excluding hydrogens is 304 g/mol. The third kappa shape index (κ3) is 5.54. The molecule has 134 valence electrons. The van der Waals surface area contributed by atoms with Crippen molar-refractivity contribution in [2.24, 2.45) is 5.92 Å². The van der Waals surface area contributed by atoms with Crippen LogP contribution in [0.3, 0.4) is 0 Å². The molecule has 3 N–H and O–H groups in total. The second kappa shape index (κ2) is 9.71. The lowest BCUT2D eigenvalue weighted by molar-refractivity contribution is 0.0705. The third-order valence-corrected chi connectivity index (χ3v) is 4.79. The monoisotopic (exact) mass is 334 g/mol. The number of nitrogens with one attached hydrogen (secondary N) is 2. The number of pyridine rings is 1. The summed E-state index contributed by atoms with van der Waals surface area (Å²) in [5.41, 5.74) is 4.25. The van der Waals surface area contributed by atoms with Crippen LogP contribution in [0.25, 0.3) is 0 Å². The number of aromatic nitrogens is 1. The molecule has 1 atom stereocenters. The van der Waals surface area contributed by atoms with E-state index >= 15 is 0 Å². The zero-order chi connectivity index (χ0) is 17.4. The molecule has 1 amide bonds. The fourth-order valence-corrected chi connectivity index (χ4v) is 3.28. The van der Waals surface area contributed by atoms with Crippen molar-refractivity contribution in [1.82, 2.24) is 20.7 Å². The zero-order valence-corrected chi connectivity index (χ0v) is 14.8. The lowest BCUT2D eigenvalue weighted by Crippen LogP contribution is -2.32. The second-order valence-corrected chi connectivity index (χ2v) is 6.79. The topological polar surface area (TPSA) is 77.5 Å². The van der Waals surface area contributed by atoms with Gasteiger partial charge in [0.25, 0.3) is 5.91 Å². The molecule has 2 rings (SSSR count). The minimum Gasteiger partial charge on any atom is -0.320 e. The van der Waals surface area contributed by atoms with Gasteiger partial charge in [-0.15, -0.1) is 0 Å².